The van der Waals surface area contributed by atoms with Gasteiger partial charge < -0.3 is 30.3 Å². The molecule has 0 bridgehead atoms. The molecule has 5 rings (SSSR count). The molecular formula is C32H39ClN2O5. The second kappa shape index (κ2) is 12.6. The van der Waals surface area contributed by atoms with Crippen LogP contribution in [-0.4, -0.2) is 72.7 Å². The van der Waals surface area contributed by atoms with Crippen molar-refractivity contribution in [2.45, 2.75) is 56.0 Å². The lowest BCUT2D eigenvalue weighted by Crippen LogP contribution is -2.55. The van der Waals surface area contributed by atoms with E-state index in [0.717, 1.165) is 28.3 Å². The summed E-state index contributed by atoms with van der Waals surface area (Å²) in [7, 11) is 1.67. The van der Waals surface area contributed by atoms with Gasteiger partial charge in [-0.2, -0.15) is 0 Å². The van der Waals surface area contributed by atoms with Crippen molar-refractivity contribution in [3.8, 4) is 11.1 Å². The Labute approximate surface area is 240 Å². The second-order valence-electron chi connectivity index (χ2n) is 11.1. The summed E-state index contributed by atoms with van der Waals surface area (Å²) < 4.78 is 11.5. The summed E-state index contributed by atoms with van der Waals surface area (Å²) in [4.78, 5) is 15.2. The van der Waals surface area contributed by atoms with Gasteiger partial charge in [0.15, 0.2) is 0 Å². The van der Waals surface area contributed by atoms with Crippen molar-refractivity contribution < 1.29 is 24.5 Å². The van der Waals surface area contributed by atoms with Gasteiger partial charge in [0, 0.05) is 42.8 Å². The maximum atomic E-state index is 13.5. The van der Waals surface area contributed by atoms with Gasteiger partial charge in [0.1, 0.15) is 11.7 Å². The Balaban J connectivity index is 1.51. The van der Waals surface area contributed by atoms with Crippen molar-refractivity contribution >= 4 is 28.3 Å². The minimum atomic E-state index is -1.41. The van der Waals surface area contributed by atoms with Crippen molar-refractivity contribution in [2.75, 3.05) is 33.4 Å². The van der Waals surface area contributed by atoms with Gasteiger partial charge in [-0.05, 0) is 66.1 Å². The summed E-state index contributed by atoms with van der Waals surface area (Å²) in [6.45, 7) is 1.57. The Morgan fingerprint density at radius 3 is 2.67 bits per heavy atom. The van der Waals surface area contributed by atoms with Gasteiger partial charge in [0.25, 0.3) is 0 Å². The van der Waals surface area contributed by atoms with Crippen LogP contribution < -0.4 is 5.73 Å². The lowest BCUT2D eigenvalue weighted by atomic mass is 9.78. The molecule has 1 heterocycles. The highest BCUT2D eigenvalue weighted by molar-refractivity contribution is 6.33. The number of nitrogens with two attached hydrogens (primary N) is 1. The zero-order valence-electron chi connectivity index (χ0n) is 23.0. The van der Waals surface area contributed by atoms with E-state index in [0.29, 0.717) is 56.0 Å². The summed E-state index contributed by atoms with van der Waals surface area (Å²) in [6.07, 6.45) is 1.39. The number of hydrogen-bond acceptors (Lipinski definition) is 6. The molecule has 5 atom stereocenters. The van der Waals surface area contributed by atoms with Gasteiger partial charge in [-0.15, -0.1) is 0 Å². The number of benzene rings is 3. The van der Waals surface area contributed by atoms with Crippen LogP contribution in [0.2, 0.25) is 5.02 Å². The zero-order chi connectivity index (χ0) is 28.3. The quantitative estimate of drug-likeness (QED) is 0.330. The van der Waals surface area contributed by atoms with Crippen LogP contribution in [-0.2, 0) is 19.9 Å². The van der Waals surface area contributed by atoms with Crippen LogP contribution >= 0.6 is 11.6 Å². The predicted molar refractivity (Wildman–Crippen MR) is 157 cm³/mol. The summed E-state index contributed by atoms with van der Waals surface area (Å²) in [5, 5.41) is 25.5. The molecule has 0 spiro atoms. The number of aliphatic hydroxyl groups excluding tert-OH is 1. The van der Waals surface area contributed by atoms with E-state index in [1.807, 2.05) is 36.4 Å². The van der Waals surface area contributed by atoms with Crippen LogP contribution in [0.25, 0.3) is 21.9 Å². The van der Waals surface area contributed by atoms with Crippen molar-refractivity contribution in [3.05, 3.63) is 71.2 Å². The molecule has 1 amide bonds. The van der Waals surface area contributed by atoms with E-state index in [1.165, 1.54) is 0 Å². The zero-order valence-corrected chi connectivity index (χ0v) is 23.7. The molecule has 0 unspecified atom stereocenters. The molecule has 4 N–H and O–H groups in total. The van der Waals surface area contributed by atoms with Crippen LogP contribution in [0.3, 0.4) is 0 Å². The number of halogens is 1. The Hall–Kier alpha value is -2.52. The topological polar surface area (TPSA) is 105 Å². The Morgan fingerprint density at radius 1 is 1.12 bits per heavy atom. The number of hydrogen-bond donors (Lipinski definition) is 3. The molecule has 8 heteroatoms. The number of aliphatic hydroxyl groups is 2. The van der Waals surface area contributed by atoms with Gasteiger partial charge in [-0.25, -0.2) is 0 Å². The monoisotopic (exact) mass is 566 g/mol. The average Bonchev–Trinajstić information content (AvgIpc) is 3.32. The van der Waals surface area contributed by atoms with Crippen LogP contribution in [0.5, 0.6) is 0 Å². The first-order valence-corrected chi connectivity index (χ1v) is 14.5. The molecule has 1 saturated heterocycles. The molecule has 2 fully saturated rings. The van der Waals surface area contributed by atoms with Crippen LogP contribution in [0.1, 0.15) is 37.7 Å². The van der Waals surface area contributed by atoms with Gasteiger partial charge in [0.05, 0.1) is 19.3 Å². The van der Waals surface area contributed by atoms with Gasteiger partial charge >= 0.3 is 0 Å². The first-order valence-electron chi connectivity index (χ1n) is 14.2. The van der Waals surface area contributed by atoms with E-state index < -0.39 is 17.8 Å². The molecule has 214 valence electrons. The second-order valence-corrected chi connectivity index (χ2v) is 11.5. The van der Waals surface area contributed by atoms with Crippen LogP contribution in [0.15, 0.2) is 60.7 Å². The van der Waals surface area contributed by atoms with Crippen molar-refractivity contribution in [1.29, 1.82) is 0 Å². The number of carbonyl (C=O) groups excluding carboxylic acids is 1. The summed E-state index contributed by atoms with van der Waals surface area (Å²) in [6, 6.07) is 19.6. The smallest absolute Gasteiger partial charge is 0.226 e. The third kappa shape index (κ3) is 5.91. The number of methoxy groups -OCH3 is 1. The molecule has 0 aromatic heterocycles. The molecular weight excluding hydrogens is 528 g/mol. The SMILES string of the molecule is COCCCC[C@](O)(c1cccc(Cl)c1-c1ccc2ccccc2c1)[C@H]1CN(C(=O)[C@H]2C[C@@H](N)[C@@H](O)C2)CCO1. The summed E-state index contributed by atoms with van der Waals surface area (Å²) in [5.41, 5.74) is 6.95. The normalized spacial score (nSPS) is 24.8. The third-order valence-corrected chi connectivity index (χ3v) is 8.83. The van der Waals surface area contributed by atoms with Gasteiger partial charge in [-0.1, -0.05) is 60.1 Å². The molecule has 2 aliphatic rings. The standard InChI is InChI=1S/C32H39ClN2O5/c1-39-15-5-4-13-32(38,29-20-35(14-16-40-29)31(37)24-18-27(34)28(36)19-24)25-9-6-10-26(33)30(25)23-12-11-21-7-2-3-8-22(21)17-23/h2-3,6-12,17,24,27-29,36,38H,4-5,13-16,18-20,34H2,1H3/t24-,27+,28-,29+,32-/m0/s1. The number of nitrogens with zero attached hydrogens (tertiary/aromatic N) is 1. The number of ether oxygens (including phenoxy) is 2. The maximum Gasteiger partial charge on any atom is 0.226 e. The fourth-order valence-corrected chi connectivity index (χ4v) is 6.56. The van der Waals surface area contributed by atoms with E-state index in [1.54, 1.807) is 12.0 Å². The molecule has 3 aromatic rings. The van der Waals surface area contributed by atoms with E-state index in [2.05, 4.69) is 24.3 Å². The molecule has 40 heavy (non-hydrogen) atoms. The Morgan fingerprint density at radius 2 is 1.93 bits per heavy atom. The number of fused-ring (bicyclic) bond motifs is 1. The van der Waals surface area contributed by atoms with Gasteiger partial charge in [0.2, 0.25) is 5.91 Å². The highest BCUT2D eigenvalue weighted by atomic mass is 35.5. The van der Waals surface area contributed by atoms with Crippen LogP contribution in [0, 0.1) is 5.92 Å². The van der Waals surface area contributed by atoms with E-state index in [-0.39, 0.29) is 24.4 Å². The third-order valence-electron chi connectivity index (χ3n) is 8.51. The van der Waals surface area contributed by atoms with E-state index >= 15 is 0 Å². The minimum absolute atomic E-state index is 0.0390. The first-order chi connectivity index (χ1) is 19.3. The Kier molecular flexibility index (Phi) is 9.10. The first kappa shape index (κ1) is 29.0. The summed E-state index contributed by atoms with van der Waals surface area (Å²) in [5.74, 6) is -0.360. The van der Waals surface area contributed by atoms with Crippen molar-refractivity contribution in [2.24, 2.45) is 11.7 Å². The molecule has 0 radical (unpaired) electrons. The predicted octanol–water partition coefficient (Wildman–Crippen LogP) is 4.49. The number of unbranched alkanes of at least 4 members (excludes halogenated alkanes) is 1. The lowest BCUT2D eigenvalue weighted by Gasteiger charge is -2.44. The van der Waals surface area contributed by atoms with Gasteiger partial charge in [-0.3, -0.25) is 4.79 Å². The van der Waals surface area contributed by atoms with E-state index in [4.69, 9.17) is 26.8 Å². The largest absolute Gasteiger partial charge is 0.391 e. The molecule has 1 aliphatic heterocycles. The fourth-order valence-electron chi connectivity index (χ4n) is 6.28. The number of carbonyl (C=O) groups is 1. The van der Waals surface area contributed by atoms with Crippen LogP contribution in [0.4, 0.5) is 0 Å². The lowest BCUT2D eigenvalue weighted by molar-refractivity contribution is -0.167. The number of amides is 1. The van der Waals surface area contributed by atoms with E-state index in [9.17, 15) is 15.0 Å². The Bertz CT molecular complexity index is 1330. The molecule has 1 aliphatic carbocycles. The highest BCUT2D eigenvalue weighted by Gasteiger charge is 2.45. The summed E-state index contributed by atoms with van der Waals surface area (Å²) >= 11 is 6.86. The minimum Gasteiger partial charge on any atom is -0.391 e. The van der Waals surface area contributed by atoms with Crippen molar-refractivity contribution in [3.63, 3.8) is 0 Å². The molecule has 1 saturated carbocycles. The van der Waals surface area contributed by atoms with Crippen molar-refractivity contribution in [1.82, 2.24) is 4.90 Å². The maximum absolute atomic E-state index is 13.5. The number of morpholine rings is 1. The number of rotatable bonds is 9. The molecule has 7 nitrogen and oxygen atoms in total. The molecule has 3 aromatic carbocycles. The highest BCUT2D eigenvalue weighted by Crippen LogP contribution is 2.43. The fraction of sp³-hybridized carbons (Fsp3) is 0.469. The average molecular weight is 567 g/mol.